The Morgan fingerprint density at radius 3 is 2.75 bits per heavy atom. The van der Waals surface area contributed by atoms with Crippen molar-refractivity contribution < 1.29 is 4.79 Å². The van der Waals surface area contributed by atoms with E-state index in [1.807, 2.05) is 30.5 Å². The number of hydrogen-bond donors (Lipinski definition) is 1. The number of amides is 1. The maximum absolute atomic E-state index is 12.9. The fourth-order valence-corrected chi connectivity index (χ4v) is 4.62. The first-order valence-electron chi connectivity index (χ1n) is 9.87. The number of thioether (sulfide) groups is 1. The largest absolute Gasteiger partial charge is 0.325 e. The third-order valence-electron chi connectivity index (χ3n) is 5.52. The molecule has 1 atom stereocenters. The summed E-state index contributed by atoms with van der Waals surface area (Å²) < 4.78 is 0. The molecule has 3 nitrogen and oxygen atoms in total. The van der Waals surface area contributed by atoms with Gasteiger partial charge in [0.15, 0.2) is 0 Å². The van der Waals surface area contributed by atoms with Crippen molar-refractivity contribution in [2.45, 2.75) is 24.3 Å². The number of hydrogen-bond acceptors (Lipinski definition) is 3. The van der Waals surface area contributed by atoms with Crippen molar-refractivity contribution in [1.29, 1.82) is 0 Å². The minimum Gasteiger partial charge on any atom is -0.325 e. The number of nitrogens with one attached hydrogen (secondary N) is 1. The summed E-state index contributed by atoms with van der Waals surface area (Å²) in [7, 11) is 0. The second kappa shape index (κ2) is 8.80. The number of fused-ring (bicyclic) bond motifs is 1. The molecule has 0 radical (unpaired) electrons. The molecular formula is C24H26N2OS. The van der Waals surface area contributed by atoms with E-state index in [1.165, 1.54) is 16.3 Å². The molecule has 1 aliphatic heterocycles. The van der Waals surface area contributed by atoms with Crippen molar-refractivity contribution in [3.63, 3.8) is 0 Å². The van der Waals surface area contributed by atoms with E-state index >= 15 is 0 Å². The Bertz CT molecular complexity index is 966. The van der Waals surface area contributed by atoms with Crippen LogP contribution in [0.1, 0.15) is 18.4 Å². The van der Waals surface area contributed by atoms with Crippen LogP contribution < -0.4 is 5.32 Å². The van der Waals surface area contributed by atoms with Gasteiger partial charge in [-0.3, -0.25) is 9.69 Å². The smallest absolute Gasteiger partial charge is 0.228 e. The first-order chi connectivity index (χ1) is 13.7. The van der Waals surface area contributed by atoms with Gasteiger partial charge in [0, 0.05) is 18.0 Å². The summed E-state index contributed by atoms with van der Waals surface area (Å²) in [6.07, 6.45) is 4.06. The third kappa shape index (κ3) is 4.23. The van der Waals surface area contributed by atoms with Gasteiger partial charge in [0.25, 0.3) is 0 Å². The second-order valence-corrected chi connectivity index (χ2v) is 8.25. The van der Waals surface area contributed by atoms with E-state index in [4.69, 9.17) is 0 Å². The number of benzene rings is 3. The molecule has 1 aliphatic rings. The molecule has 4 rings (SSSR count). The van der Waals surface area contributed by atoms with Crippen molar-refractivity contribution in [3.8, 4) is 0 Å². The molecule has 0 saturated carbocycles. The Morgan fingerprint density at radius 2 is 1.86 bits per heavy atom. The molecule has 1 fully saturated rings. The highest BCUT2D eigenvalue weighted by Gasteiger charge is 2.26. The Kier molecular flexibility index (Phi) is 5.98. The number of para-hydroxylation sites is 1. The summed E-state index contributed by atoms with van der Waals surface area (Å²) in [5, 5.41) is 5.75. The van der Waals surface area contributed by atoms with E-state index in [-0.39, 0.29) is 11.8 Å². The molecule has 1 heterocycles. The number of carbonyl (C=O) groups excluding carboxylic acids is 1. The van der Waals surface area contributed by atoms with E-state index in [0.717, 1.165) is 43.1 Å². The fraction of sp³-hybridized carbons (Fsp3) is 0.292. The number of piperidine rings is 1. The lowest BCUT2D eigenvalue weighted by atomic mass is 9.96. The molecular weight excluding hydrogens is 364 g/mol. The van der Waals surface area contributed by atoms with Gasteiger partial charge >= 0.3 is 0 Å². The van der Waals surface area contributed by atoms with Gasteiger partial charge in [-0.1, -0.05) is 54.6 Å². The average Bonchev–Trinajstić information content (AvgIpc) is 2.74. The predicted octanol–water partition coefficient (Wildman–Crippen LogP) is 5.41. The van der Waals surface area contributed by atoms with Crippen LogP contribution in [-0.4, -0.2) is 30.2 Å². The van der Waals surface area contributed by atoms with Crippen molar-refractivity contribution in [1.82, 2.24) is 4.90 Å². The average molecular weight is 391 g/mol. The van der Waals surface area contributed by atoms with Crippen LogP contribution in [0.3, 0.4) is 0 Å². The van der Waals surface area contributed by atoms with Crippen LogP contribution in [0.5, 0.6) is 0 Å². The molecule has 28 heavy (non-hydrogen) atoms. The molecule has 0 aromatic heterocycles. The predicted molar refractivity (Wildman–Crippen MR) is 119 cm³/mol. The Hall–Kier alpha value is -2.30. The van der Waals surface area contributed by atoms with Gasteiger partial charge in [-0.25, -0.2) is 0 Å². The van der Waals surface area contributed by atoms with Gasteiger partial charge < -0.3 is 5.32 Å². The van der Waals surface area contributed by atoms with Gasteiger partial charge in [0.1, 0.15) is 0 Å². The maximum Gasteiger partial charge on any atom is 0.228 e. The topological polar surface area (TPSA) is 32.3 Å². The zero-order chi connectivity index (χ0) is 19.3. The van der Waals surface area contributed by atoms with E-state index in [1.54, 1.807) is 11.8 Å². The standard InChI is InChI=1S/C24H26N2OS/c1-28-23-14-5-4-13-22(23)25-24(27)20-11-7-15-26(17-20)16-19-10-6-9-18-8-2-3-12-21(18)19/h2-6,8-10,12-14,20H,7,11,15-17H2,1H3,(H,25,27). The molecule has 0 spiro atoms. The van der Waals surface area contributed by atoms with Crippen LogP contribution >= 0.6 is 11.8 Å². The van der Waals surface area contributed by atoms with Crippen LogP contribution in [0, 0.1) is 5.92 Å². The van der Waals surface area contributed by atoms with E-state index in [2.05, 4.69) is 52.7 Å². The molecule has 0 aliphatic carbocycles. The molecule has 1 saturated heterocycles. The SMILES string of the molecule is CSc1ccccc1NC(=O)C1CCCN(Cc2cccc3ccccc23)C1. The fourth-order valence-electron chi connectivity index (χ4n) is 4.07. The summed E-state index contributed by atoms with van der Waals surface area (Å²) in [6, 6.07) is 23.1. The van der Waals surface area contributed by atoms with Crippen molar-refractivity contribution in [2.24, 2.45) is 5.92 Å². The van der Waals surface area contributed by atoms with Crippen molar-refractivity contribution in [2.75, 3.05) is 24.7 Å². The number of anilines is 1. The first kappa shape index (κ1) is 19.0. The highest BCUT2D eigenvalue weighted by Crippen LogP contribution is 2.27. The van der Waals surface area contributed by atoms with E-state index < -0.39 is 0 Å². The highest BCUT2D eigenvalue weighted by molar-refractivity contribution is 7.98. The Morgan fingerprint density at radius 1 is 1.07 bits per heavy atom. The van der Waals surface area contributed by atoms with Crippen molar-refractivity contribution >= 4 is 34.1 Å². The van der Waals surface area contributed by atoms with Crippen LogP contribution in [-0.2, 0) is 11.3 Å². The lowest BCUT2D eigenvalue weighted by Crippen LogP contribution is -2.40. The summed E-state index contributed by atoms with van der Waals surface area (Å²) in [6.45, 7) is 2.76. The van der Waals surface area contributed by atoms with Crippen LogP contribution in [0.15, 0.2) is 71.6 Å². The third-order valence-corrected chi connectivity index (χ3v) is 6.31. The Balaban J connectivity index is 1.44. The Labute approximate surface area is 171 Å². The van der Waals surface area contributed by atoms with Crippen LogP contribution in [0.25, 0.3) is 10.8 Å². The first-order valence-corrected chi connectivity index (χ1v) is 11.1. The maximum atomic E-state index is 12.9. The molecule has 1 unspecified atom stereocenters. The van der Waals surface area contributed by atoms with Crippen LogP contribution in [0.2, 0.25) is 0 Å². The number of nitrogens with zero attached hydrogens (tertiary/aromatic N) is 1. The molecule has 1 N–H and O–H groups in total. The van der Waals surface area contributed by atoms with E-state index in [9.17, 15) is 4.79 Å². The van der Waals surface area contributed by atoms with Gasteiger partial charge in [-0.2, -0.15) is 0 Å². The monoisotopic (exact) mass is 390 g/mol. The molecule has 0 bridgehead atoms. The molecule has 1 amide bonds. The second-order valence-electron chi connectivity index (χ2n) is 7.40. The lowest BCUT2D eigenvalue weighted by molar-refractivity contribution is -0.121. The zero-order valence-corrected chi connectivity index (χ0v) is 17.0. The molecule has 4 heteroatoms. The van der Waals surface area contributed by atoms with Crippen LogP contribution in [0.4, 0.5) is 5.69 Å². The number of carbonyl (C=O) groups is 1. The molecule has 144 valence electrons. The molecule has 3 aromatic rings. The van der Waals surface area contributed by atoms with Gasteiger partial charge in [-0.15, -0.1) is 11.8 Å². The lowest BCUT2D eigenvalue weighted by Gasteiger charge is -2.32. The van der Waals surface area contributed by atoms with Gasteiger partial charge in [0.2, 0.25) is 5.91 Å². The summed E-state index contributed by atoms with van der Waals surface area (Å²) in [5.41, 5.74) is 2.26. The normalized spacial score (nSPS) is 17.5. The molecule has 3 aromatic carbocycles. The summed E-state index contributed by atoms with van der Waals surface area (Å²) in [4.78, 5) is 16.4. The highest BCUT2D eigenvalue weighted by atomic mass is 32.2. The van der Waals surface area contributed by atoms with Gasteiger partial charge in [0.05, 0.1) is 11.6 Å². The number of rotatable bonds is 5. The zero-order valence-electron chi connectivity index (χ0n) is 16.2. The minimum absolute atomic E-state index is 0.0404. The summed E-state index contributed by atoms with van der Waals surface area (Å²) >= 11 is 1.66. The van der Waals surface area contributed by atoms with E-state index in [0.29, 0.717) is 0 Å². The number of likely N-dealkylation sites (tertiary alicyclic amines) is 1. The minimum atomic E-state index is 0.0404. The quantitative estimate of drug-likeness (QED) is 0.591. The van der Waals surface area contributed by atoms with Crippen molar-refractivity contribution in [3.05, 3.63) is 72.3 Å². The van der Waals surface area contributed by atoms with Gasteiger partial charge in [-0.05, 0) is 54.1 Å². The summed E-state index contributed by atoms with van der Waals surface area (Å²) in [5.74, 6) is 0.183.